The average Bonchev–Trinajstić information content (AvgIpc) is 3.19. The molecule has 7 heteroatoms. The number of carboxylic acids is 1. The number of aromatic carboxylic acids is 1. The first-order valence-corrected chi connectivity index (χ1v) is 7.51. The van der Waals surface area contributed by atoms with Crippen LogP contribution in [0, 0.1) is 0 Å². The number of hydrogen-bond acceptors (Lipinski definition) is 4. The number of thiophene rings is 1. The molecular formula is C15H14N2O4S. The van der Waals surface area contributed by atoms with Crippen LogP contribution in [0.3, 0.4) is 0 Å². The molecule has 1 amide bonds. The number of carbonyl (C=O) groups excluding carboxylic acids is 1. The smallest absolute Gasteiger partial charge is 0.338 e. The van der Waals surface area contributed by atoms with Gasteiger partial charge in [0.25, 0.3) is 5.91 Å². The maximum Gasteiger partial charge on any atom is 0.338 e. The van der Waals surface area contributed by atoms with Gasteiger partial charge in [-0.1, -0.05) is 0 Å². The number of hydrogen-bond donors (Lipinski definition) is 2. The van der Waals surface area contributed by atoms with Crippen molar-refractivity contribution in [3.8, 4) is 0 Å². The van der Waals surface area contributed by atoms with Crippen molar-refractivity contribution in [3.05, 3.63) is 46.9 Å². The second kappa shape index (κ2) is 5.34. The largest absolute Gasteiger partial charge is 0.478 e. The van der Waals surface area contributed by atoms with Crippen molar-refractivity contribution in [1.82, 2.24) is 9.88 Å². The summed E-state index contributed by atoms with van der Waals surface area (Å²) in [5.41, 5.74) is 1.03. The third-order valence-electron chi connectivity index (χ3n) is 3.67. The molecule has 3 rings (SSSR count). The number of amides is 1. The van der Waals surface area contributed by atoms with Gasteiger partial charge in [-0.3, -0.25) is 4.79 Å². The molecule has 0 fully saturated rings. The van der Waals surface area contributed by atoms with Gasteiger partial charge in [0.1, 0.15) is 11.5 Å². The highest BCUT2D eigenvalue weighted by molar-refractivity contribution is 7.17. The normalized spacial score (nSPS) is 12.5. The van der Waals surface area contributed by atoms with Crippen LogP contribution in [0.25, 0.3) is 10.2 Å². The lowest BCUT2D eigenvalue weighted by molar-refractivity contribution is 0.0694. The van der Waals surface area contributed by atoms with Crippen molar-refractivity contribution in [2.75, 3.05) is 7.05 Å². The van der Waals surface area contributed by atoms with Crippen LogP contribution in [0.1, 0.15) is 39.6 Å². The first kappa shape index (κ1) is 14.4. The molecule has 6 nitrogen and oxygen atoms in total. The number of fused-ring (bicyclic) bond motifs is 1. The van der Waals surface area contributed by atoms with Gasteiger partial charge in [-0.2, -0.15) is 0 Å². The van der Waals surface area contributed by atoms with Gasteiger partial charge in [0.15, 0.2) is 0 Å². The number of rotatable bonds is 4. The van der Waals surface area contributed by atoms with Gasteiger partial charge in [-0.25, -0.2) is 4.79 Å². The number of aromatic amines is 1. The molecule has 0 radical (unpaired) electrons. The van der Waals surface area contributed by atoms with Crippen molar-refractivity contribution >= 4 is 33.4 Å². The van der Waals surface area contributed by atoms with Crippen LogP contribution in [0.5, 0.6) is 0 Å². The molecule has 1 atom stereocenters. The average molecular weight is 318 g/mol. The number of aromatic nitrogens is 1. The fourth-order valence-electron chi connectivity index (χ4n) is 2.27. The van der Waals surface area contributed by atoms with E-state index in [1.807, 2.05) is 13.0 Å². The fourth-order valence-corrected chi connectivity index (χ4v) is 3.20. The first-order valence-electron chi connectivity index (χ1n) is 6.63. The number of nitrogens with one attached hydrogen (secondary N) is 1. The maximum atomic E-state index is 12.5. The van der Waals surface area contributed by atoms with E-state index in [1.165, 1.54) is 11.3 Å². The van der Waals surface area contributed by atoms with E-state index in [9.17, 15) is 9.59 Å². The highest BCUT2D eigenvalue weighted by Gasteiger charge is 2.23. The number of furan rings is 1. The van der Waals surface area contributed by atoms with Crippen LogP contribution in [0.4, 0.5) is 0 Å². The quantitative estimate of drug-likeness (QED) is 0.772. The Balaban J connectivity index is 1.90. The molecule has 3 aromatic rings. The topological polar surface area (TPSA) is 86.5 Å². The van der Waals surface area contributed by atoms with E-state index in [-0.39, 0.29) is 17.5 Å². The van der Waals surface area contributed by atoms with Gasteiger partial charge in [0, 0.05) is 12.4 Å². The molecule has 0 aliphatic rings. The Labute approximate surface area is 130 Å². The van der Waals surface area contributed by atoms with Crippen LogP contribution in [-0.4, -0.2) is 33.9 Å². The highest BCUT2D eigenvalue weighted by Crippen LogP contribution is 2.28. The van der Waals surface area contributed by atoms with Crippen molar-refractivity contribution in [3.63, 3.8) is 0 Å². The third-order valence-corrected chi connectivity index (χ3v) is 4.60. The molecule has 1 unspecified atom stereocenters. The Morgan fingerprint density at radius 3 is 2.86 bits per heavy atom. The van der Waals surface area contributed by atoms with Gasteiger partial charge in [-0.05, 0) is 25.1 Å². The van der Waals surface area contributed by atoms with Gasteiger partial charge in [-0.15, -0.1) is 11.3 Å². The Morgan fingerprint density at radius 2 is 2.23 bits per heavy atom. The van der Waals surface area contributed by atoms with Gasteiger partial charge in [0.2, 0.25) is 0 Å². The van der Waals surface area contributed by atoms with Crippen molar-refractivity contribution < 1.29 is 19.1 Å². The zero-order valence-corrected chi connectivity index (χ0v) is 12.8. The number of carbonyl (C=O) groups is 2. The summed E-state index contributed by atoms with van der Waals surface area (Å²) in [5, 5.41) is 10.7. The molecule has 0 spiro atoms. The molecule has 0 saturated heterocycles. The predicted molar refractivity (Wildman–Crippen MR) is 82.4 cm³/mol. The van der Waals surface area contributed by atoms with E-state index in [0.29, 0.717) is 17.0 Å². The summed E-state index contributed by atoms with van der Waals surface area (Å²) in [7, 11) is 1.68. The van der Waals surface area contributed by atoms with E-state index in [0.717, 1.165) is 4.70 Å². The summed E-state index contributed by atoms with van der Waals surface area (Å²) in [6.07, 6.45) is 1.56. The zero-order chi connectivity index (χ0) is 15.9. The molecule has 3 heterocycles. The molecule has 22 heavy (non-hydrogen) atoms. The molecule has 0 saturated carbocycles. The van der Waals surface area contributed by atoms with E-state index in [4.69, 9.17) is 9.52 Å². The SMILES string of the molecule is CC(c1ccco1)N(C)C(=O)c1cc2scc(C(=O)O)c2[nH]1. The summed E-state index contributed by atoms with van der Waals surface area (Å²) in [5.74, 6) is -0.538. The molecule has 0 aliphatic heterocycles. The lowest BCUT2D eigenvalue weighted by Crippen LogP contribution is -2.29. The molecule has 2 N–H and O–H groups in total. The van der Waals surface area contributed by atoms with Crippen molar-refractivity contribution in [2.24, 2.45) is 0 Å². The van der Waals surface area contributed by atoms with E-state index < -0.39 is 5.97 Å². The monoisotopic (exact) mass is 318 g/mol. The minimum atomic E-state index is -1.01. The molecule has 0 bridgehead atoms. The lowest BCUT2D eigenvalue weighted by atomic mass is 10.2. The third kappa shape index (κ3) is 2.29. The Kier molecular flexibility index (Phi) is 3.50. The maximum absolute atomic E-state index is 12.5. The van der Waals surface area contributed by atoms with Gasteiger partial charge in [0.05, 0.1) is 28.1 Å². The van der Waals surface area contributed by atoms with Crippen LogP contribution in [0.15, 0.2) is 34.3 Å². The summed E-state index contributed by atoms with van der Waals surface area (Å²) < 4.78 is 6.07. The summed E-state index contributed by atoms with van der Waals surface area (Å²) >= 11 is 1.30. The van der Waals surface area contributed by atoms with E-state index in [2.05, 4.69) is 4.98 Å². The van der Waals surface area contributed by atoms with Crippen LogP contribution < -0.4 is 0 Å². The number of nitrogens with zero attached hydrogens (tertiary/aromatic N) is 1. The Hall–Kier alpha value is -2.54. The van der Waals surface area contributed by atoms with E-state index in [1.54, 1.807) is 35.7 Å². The van der Waals surface area contributed by atoms with Gasteiger partial charge >= 0.3 is 5.97 Å². The van der Waals surface area contributed by atoms with Crippen LogP contribution >= 0.6 is 11.3 Å². The molecule has 114 valence electrons. The second-order valence-corrected chi connectivity index (χ2v) is 5.90. The predicted octanol–water partition coefficient (Wildman–Crippen LogP) is 3.35. The molecular weight excluding hydrogens is 304 g/mol. The number of carboxylic acid groups (broad SMARTS) is 1. The number of H-pyrrole nitrogens is 1. The molecule has 0 aromatic carbocycles. The van der Waals surface area contributed by atoms with Crippen LogP contribution in [-0.2, 0) is 0 Å². The van der Waals surface area contributed by atoms with Crippen molar-refractivity contribution in [2.45, 2.75) is 13.0 Å². The fraction of sp³-hybridized carbons (Fsp3) is 0.200. The molecule has 3 aromatic heterocycles. The summed E-state index contributed by atoms with van der Waals surface area (Å²) in [6, 6.07) is 5.04. The minimum Gasteiger partial charge on any atom is -0.478 e. The second-order valence-electron chi connectivity index (χ2n) is 4.98. The highest BCUT2D eigenvalue weighted by atomic mass is 32.1. The first-order chi connectivity index (χ1) is 10.5. The van der Waals surface area contributed by atoms with E-state index >= 15 is 0 Å². The van der Waals surface area contributed by atoms with Crippen molar-refractivity contribution in [1.29, 1.82) is 0 Å². The van der Waals surface area contributed by atoms with Gasteiger partial charge < -0.3 is 19.4 Å². The lowest BCUT2D eigenvalue weighted by Gasteiger charge is -2.22. The summed E-state index contributed by atoms with van der Waals surface area (Å²) in [4.78, 5) is 28.1. The minimum absolute atomic E-state index is 0.181. The standard InChI is InChI=1S/C15H14N2O4S/c1-8(11-4-3-5-21-11)17(2)14(18)10-6-12-13(16-10)9(7-22-12)15(19)20/h3-8,16H,1-2H3,(H,19,20). The Bertz CT molecular complexity index is 831. The van der Waals surface area contributed by atoms with Crippen LogP contribution in [0.2, 0.25) is 0 Å². The summed E-state index contributed by atoms with van der Waals surface area (Å²) in [6.45, 7) is 1.87. The molecule has 0 aliphatic carbocycles. The Morgan fingerprint density at radius 1 is 1.45 bits per heavy atom. The zero-order valence-electron chi connectivity index (χ0n) is 12.0.